The quantitative estimate of drug-likeness (QED) is 0.896. The van der Waals surface area contributed by atoms with E-state index < -0.39 is 0 Å². The van der Waals surface area contributed by atoms with Crippen LogP contribution < -0.4 is 11.1 Å². The van der Waals surface area contributed by atoms with Gasteiger partial charge in [0, 0.05) is 18.7 Å². The number of nitrogens with one attached hydrogen (secondary N) is 1. The van der Waals surface area contributed by atoms with E-state index >= 15 is 0 Å². The Morgan fingerprint density at radius 2 is 2.00 bits per heavy atom. The molecule has 106 valence electrons. The first-order valence-electron chi connectivity index (χ1n) is 6.35. The highest BCUT2D eigenvalue weighted by Gasteiger charge is 2.11. The molecule has 20 heavy (non-hydrogen) atoms. The van der Waals surface area contributed by atoms with Gasteiger partial charge in [-0.1, -0.05) is 0 Å². The number of amides is 1. The summed E-state index contributed by atoms with van der Waals surface area (Å²) in [6, 6.07) is 7.32. The number of hydrogen-bond donors (Lipinski definition) is 2. The van der Waals surface area contributed by atoms with Gasteiger partial charge in [0.15, 0.2) is 0 Å². The third-order valence-electron chi connectivity index (χ3n) is 3.01. The van der Waals surface area contributed by atoms with Crippen molar-refractivity contribution >= 4 is 21.8 Å². The standard InChI is InChI=1S/C14H17BrN4O/c1-9-13(15)10(2)19(18-9)12-5-3-11(4-6-12)14(20)17-8-7-16/h3-6H,7-8,16H2,1-2H3,(H,17,20). The molecule has 0 saturated carbocycles. The van der Waals surface area contributed by atoms with E-state index in [2.05, 4.69) is 26.3 Å². The molecule has 0 aliphatic rings. The number of carbonyl (C=O) groups excluding carboxylic acids is 1. The van der Waals surface area contributed by atoms with Crippen LogP contribution in [0.4, 0.5) is 0 Å². The van der Waals surface area contributed by atoms with Crippen LogP contribution in [0.15, 0.2) is 28.7 Å². The summed E-state index contributed by atoms with van der Waals surface area (Å²) >= 11 is 3.50. The van der Waals surface area contributed by atoms with Crippen molar-refractivity contribution in [3.63, 3.8) is 0 Å². The van der Waals surface area contributed by atoms with Gasteiger partial charge in [-0.2, -0.15) is 5.10 Å². The van der Waals surface area contributed by atoms with Gasteiger partial charge in [0.2, 0.25) is 0 Å². The van der Waals surface area contributed by atoms with Crippen LogP contribution in [0, 0.1) is 13.8 Å². The predicted molar refractivity (Wildman–Crippen MR) is 82.1 cm³/mol. The van der Waals surface area contributed by atoms with Crippen molar-refractivity contribution in [2.75, 3.05) is 13.1 Å². The van der Waals surface area contributed by atoms with Gasteiger partial charge in [-0.15, -0.1) is 0 Å². The lowest BCUT2D eigenvalue weighted by molar-refractivity contribution is 0.0955. The van der Waals surface area contributed by atoms with Crippen molar-refractivity contribution < 1.29 is 4.79 Å². The monoisotopic (exact) mass is 336 g/mol. The number of nitrogens with two attached hydrogens (primary N) is 1. The smallest absolute Gasteiger partial charge is 0.251 e. The van der Waals surface area contributed by atoms with Crippen LogP contribution in [0.3, 0.4) is 0 Å². The first kappa shape index (κ1) is 14.7. The number of halogens is 1. The Labute approximate surface area is 126 Å². The van der Waals surface area contributed by atoms with E-state index in [-0.39, 0.29) is 5.91 Å². The average Bonchev–Trinajstić information content (AvgIpc) is 2.72. The van der Waals surface area contributed by atoms with Gasteiger partial charge in [-0.25, -0.2) is 4.68 Å². The van der Waals surface area contributed by atoms with Crippen LogP contribution in [0.5, 0.6) is 0 Å². The Morgan fingerprint density at radius 1 is 1.35 bits per heavy atom. The minimum atomic E-state index is -0.114. The topological polar surface area (TPSA) is 72.9 Å². The zero-order chi connectivity index (χ0) is 14.7. The number of aryl methyl sites for hydroxylation is 1. The van der Waals surface area contributed by atoms with Crippen LogP contribution in [0.25, 0.3) is 5.69 Å². The molecule has 1 aromatic heterocycles. The van der Waals surface area contributed by atoms with Gasteiger partial charge < -0.3 is 11.1 Å². The minimum absolute atomic E-state index is 0.114. The van der Waals surface area contributed by atoms with Crippen LogP contribution in [-0.4, -0.2) is 28.8 Å². The highest BCUT2D eigenvalue weighted by atomic mass is 79.9. The Bertz CT molecular complexity index is 619. The largest absolute Gasteiger partial charge is 0.351 e. The zero-order valence-electron chi connectivity index (χ0n) is 11.5. The Kier molecular flexibility index (Phi) is 4.57. The third kappa shape index (κ3) is 2.91. The molecule has 0 atom stereocenters. The molecule has 1 amide bonds. The molecule has 0 aliphatic carbocycles. The number of aromatic nitrogens is 2. The SMILES string of the molecule is Cc1nn(-c2ccc(C(=O)NCCN)cc2)c(C)c1Br. The average molecular weight is 337 g/mol. The first-order valence-corrected chi connectivity index (χ1v) is 7.14. The maximum absolute atomic E-state index is 11.8. The van der Waals surface area contributed by atoms with Crippen molar-refractivity contribution in [2.45, 2.75) is 13.8 Å². The fourth-order valence-electron chi connectivity index (χ4n) is 1.92. The zero-order valence-corrected chi connectivity index (χ0v) is 13.1. The van der Waals surface area contributed by atoms with Crippen LogP contribution in [0.2, 0.25) is 0 Å². The molecule has 0 radical (unpaired) electrons. The van der Waals surface area contributed by atoms with Crippen molar-refractivity contribution in [1.82, 2.24) is 15.1 Å². The number of nitrogens with zero attached hydrogens (tertiary/aromatic N) is 2. The Balaban J connectivity index is 2.24. The molecule has 0 spiro atoms. The van der Waals surface area contributed by atoms with E-state index in [4.69, 9.17) is 5.73 Å². The van der Waals surface area contributed by atoms with Crippen LogP contribution in [0.1, 0.15) is 21.7 Å². The fourth-order valence-corrected chi connectivity index (χ4v) is 2.16. The lowest BCUT2D eigenvalue weighted by atomic mass is 10.2. The lowest BCUT2D eigenvalue weighted by Crippen LogP contribution is -2.28. The molecule has 0 bridgehead atoms. The summed E-state index contributed by atoms with van der Waals surface area (Å²) in [5, 5.41) is 7.20. The maximum atomic E-state index is 11.8. The van der Waals surface area contributed by atoms with Gasteiger partial charge in [0.1, 0.15) is 0 Å². The molecule has 0 fully saturated rings. The molecule has 6 heteroatoms. The van der Waals surface area contributed by atoms with Gasteiger partial charge in [-0.3, -0.25) is 4.79 Å². The molecule has 2 rings (SSSR count). The van der Waals surface area contributed by atoms with E-state index in [1.54, 1.807) is 12.1 Å². The molecule has 0 aliphatic heterocycles. The number of benzene rings is 1. The summed E-state index contributed by atoms with van der Waals surface area (Å²) in [6.07, 6.45) is 0. The molecule has 0 saturated heterocycles. The highest BCUT2D eigenvalue weighted by Crippen LogP contribution is 2.23. The second kappa shape index (κ2) is 6.19. The van der Waals surface area contributed by atoms with E-state index in [9.17, 15) is 4.79 Å². The second-order valence-electron chi connectivity index (χ2n) is 4.49. The molecular formula is C14H17BrN4O. The molecule has 1 heterocycles. The van der Waals surface area contributed by atoms with E-state index in [1.807, 2.05) is 30.7 Å². The molecule has 0 unspecified atom stereocenters. The van der Waals surface area contributed by atoms with Gasteiger partial charge in [0.05, 0.1) is 21.5 Å². The number of carbonyl (C=O) groups is 1. The minimum Gasteiger partial charge on any atom is -0.351 e. The van der Waals surface area contributed by atoms with E-state index in [1.165, 1.54) is 0 Å². The molecule has 3 N–H and O–H groups in total. The second-order valence-corrected chi connectivity index (χ2v) is 5.28. The number of hydrogen-bond acceptors (Lipinski definition) is 3. The molecule has 5 nitrogen and oxygen atoms in total. The van der Waals surface area contributed by atoms with Crippen molar-refractivity contribution in [2.24, 2.45) is 5.73 Å². The first-order chi connectivity index (χ1) is 9.54. The summed E-state index contributed by atoms with van der Waals surface area (Å²) in [4.78, 5) is 11.8. The van der Waals surface area contributed by atoms with Gasteiger partial charge >= 0.3 is 0 Å². The van der Waals surface area contributed by atoms with Gasteiger partial charge in [-0.05, 0) is 54.0 Å². The van der Waals surface area contributed by atoms with Crippen LogP contribution in [-0.2, 0) is 0 Å². The molecule has 1 aromatic carbocycles. The Morgan fingerprint density at radius 3 is 2.50 bits per heavy atom. The van der Waals surface area contributed by atoms with E-state index in [0.717, 1.165) is 21.5 Å². The van der Waals surface area contributed by atoms with Crippen molar-refractivity contribution in [1.29, 1.82) is 0 Å². The molecular weight excluding hydrogens is 320 g/mol. The fraction of sp³-hybridized carbons (Fsp3) is 0.286. The Hall–Kier alpha value is -1.66. The third-order valence-corrected chi connectivity index (χ3v) is 4.15. The summed E-state index contributed by atoms with van der Waals surface area (Å²) in [7, 11) is 0. The highest BCUT2D eigenvalue weighted by molar-refractivity contribution is 9.10. The predicted octanol–water partition coefficient (Wildman–Crippen LogP) is 1.94. The van der Waals surface area contributed by atoms with Crippen molar-refractivity contribution in [3.05, 3.63) is 45.7 Å². The maximum Gasteiger partial charge on any atom is 0.251 e. The van der Waals surface area contributed by atoms with Crippen LogP contribution >= 0.6 is 15.9 Å². The normalized spacial score (nSPS) is 10.6. The summed E-state index contributed by atoms with van der Waals surface area (Å²) < 4.78 is 2.85. The molecule has 2 aromatic rings. The van der Waals surface area contributed by atoms with E-state index in [0.29, 0.717) is 18.7 Å². The number of rotatable bonds is 4. The summed E-state index contributed by atoms with van der Waals surface area (Å²) in [6.45, 7) is 4.85. The van der Waals surface area contributed by atoms with Crippen molar-refractivity contribution in [3.8, 4) is 5.69 Å². The van der Waals surface area contributed by atoms with Gasteiger partial charge in [0.25, 0.3) is 5.91 Å². The lowest BCUT2D eigenvalue weighted by Gasteiger charge is -2.07. The summed E-state index contributed by atoms with van der Waals surface area (Å²) in [5.74, 6) is -0.114. The summed E-state index contributed by atoms with van der Waals surface area (Å²) in [5.41, 5.74) is 8.86.